The number of aromatic amines is 1. The third kappa shape index (κ3) is 3.11. The lowest BCUT2D eigenvalue weighted by molar-refractivity contribution is 0.412. The van der Waals surface area contributed by atoms with Crippen LogP contribution in [-0.4, -0.2) is 17.1 Å². The molecule has 0 radical (unpaired) electrons. The Morgan fingerprint density at radius 1 is 1.47 bits per heavy atom. The molecule has 0 amide bonds. The average molecular weight is 321 g/mol. The Hall–Kier alpha value is -2.33. The van der Waals surface area contributed by atoms with Crippen LogP contribution in [0.2, 0.25) is 0 Å². The molecule has 0 saturated heterocycles. The molecule has 1 aromatic heterocycles. The van der Waals surface area contributed by atoms with E-state index >= 15 is 0 Å². The predicted octanol–water partition coefficient (Wildman–Crippen LogP) is 2.16. The molecule has 0 unspecified atom stereocenters. The average Bonchev–Trinajstić information content (AvgIpc) is 2.38. The summed E-state index contributed by atoms with van der Waals surface area (Å²) in [7, 11) is 1.57. The number of H-pyrrole nitrogens is 1. The summed E-state index contributed by atoms with van der Waals surface area (Å²) in [5.74, 6) is 1.000. The summed E-state index contributed by atoms with van der Waals surface area (Å²) in [6, 6.07) is 8.65. The van der Waals surface area contributed by atoms with E-state index in [1.54, 1.807) is 25.3 Å². The Balaban J connectivity index is 2.31. The topological polar surface area (TPSA) is 90.8 Å². The Morgan fingerprint density at radius 2 is 2.26 bits per heavy atom. The molecule has 0 aliphatic heterocycles. The largest absolute Gasteiger partial charge is 0.496 e. The van der Waals surface area contributed by atoms with E-state index in [4.69, 9.17) is 10.00 Å². The summed E-state index contributed by atoms with van der Waals surface area (Å²) in [5, 5.41) is 11.7. The molecule has 0 spiro atoms. The highest BCUT2D eigenvalue weighted by atomic mass is 79.9. The first-order valence-corrected chi connectivity index (χ1v) is 6.03. The van der Waals surface area contributed by atoms with Crippen molar-refractivity contribution in [1.82, 2.24) is 9.97 Å². The first-order valence-electron chi connectivity index (χ1n) is 5.24. The van der Waals surface area contributed by atoms with Crippen LogP contribution >= 0.6 is 15.9 Å². The molecule has 0 aliphatic rings. The lowest BCUT2D eigenvalue weighted by Gasteiger charge is -2.08. The maximum Gasteiger partial charge on any atom is 0.347 e. The number of ether oxygens (including phenoxy) is 1. The fourth-order valence-electron chi connectivity index (χ4n) is 1.47. The van der Waals surface area contributed by atoms with Crippen molar-refractivity contribution in [2.45, 2.75) is 0 Å². The van der Waals surface area contributed by atoms with Crippen LogP contribution in [0.1, 0.15) is 5.69 Å². The summed E-state index contributed by atoms with van der Waals surface area (Å²) >= 11 is 3.36. The second-order valence-electron chi connectivity index (χ2n) is 3.57. The van der Waals surface area contributed by atoms with E-state index < -0.39 is 5.69 Å². The molecule has 0 saturated carbocycles. The molecule has 0 fully saturated rings. The highest BCUT2D eigenvalue weighted by Gasteiger charge is 2.04. The molecule has 0 bridgehead atoms. The normalized spacial score (nSPS) is 9.74. The summed E-state index contributed by atoms with van der Waals surface area (Å²) < 4.78 is 5.89. The number of aromatic nitrogens is 2. The van der Waals surface area contributed by atoms with Crippen LogP contribution in [0.25, 0.3) is 0 Å². The Kier molecular flexibility index (Phi) is 3.82. The van der Waals surface area contributed by atoms with E-state index in [0.29, 0.717) is 11.6 Å². The maximum absolute atomic E-state index is 11.2. The molecule has 0 atom stereocenters. The minimum absolute atomic E-state index is 0.148. The maximum atomic E-state index is 11.2. The Morgan fingerprint density at radius 3 is 2.89 bits per heavy atom. The number of nitriles is 1. The Bertz CT molecular complexity index is 706. The summed E-state index contributed by atoms with van der Waals surface area (Å²) in [6.07, 6.45) is 0. The first kappa shape index (κ1) is 13.1. The van der Waals surface area contributed by atoms with Gasteiger partial charge in [0.15, 0.2) is 0 Å². The molecule has 2 aromatic rings. The van der Waals surface area contributed by atoms with Gasteiger partial charge in [-0.1, -0.05) is 0 Å². The second kappa shape index (κ2) is 5.54. The number of hydrogen-bond donors (Lipinski definition) is 2. The highest BCUT2D eigenvalue weighted by molar-refractivity contribution is 9.10. The highest BCUT2D eigenvalue weighted by Crippen LogP contribution is 2.28. The third-order valence-electron chi connectivity index (χ3n) is 2.29. The van der Waals surface area contributed by atoms with E-state index in [-0.39, 0.29) is 5.69 Å². The lowest BCUT2D eigenvalue weighted by Crippen LogP contribution is -2.13. The number of hydrogen-bond acceptors (Lipinski definition) is 5. The van der Waals surface area contributed by atoms with Crippen molar-refractivity contribution in [3.05, 3.63) is 44.9 Å². The predicted molar refractivity (Wildman–Crippen MR) is 73.5 cm³/mol. The van der Waals surface area contributed by atoms with Crippen molar-refractivity contribution < 1.29 is 4.74 Å². The number of nitrogens with one attached hydrogen (secondary N) is 2. The van der Waals surface area contributed by atoms with Crippen molar-refractivity contribution in [2.24, 2.45) is 0 Å². The van der Waals surface area contributed by atoms with Crippen LogP contribution in [-0.2, 0) is 0 Å². The molecule has 19 heavy (non-hydrogen) atoms. The summed E-state index contributed by atoms with van der Waals surface area (Å²) in [4.78, 5) is 17.3. The van der Waals surface area contributed by atoms with Crippen molar-refractivity contribution in [2.75, 3.05) is 12.4 Å². The fourth-order valence-corrected chi connectivity index (χ4v) is 2.01. The van der Waals surface area contributed by atoms with Crippen LogP contribution in [0, 0.1) is 11.3 Å². The van der Waals surface area contributed by atoms with E-state index in [0.717, 1.165) is 10.2 Å². The molecule has 7 heteroatoms. The van der Waals surface area contributed by atoms with Gasteiger partial charge in [-0.25, -0.2) is 4.79 Å². The summed E-state index contributed by atoms with van der Waals surface area (Å²) in [5.41, 5.74) is 0.291. The van der Waals surface area contributed by atoms with Crippen LogP contribution in [0.15, 0.2) is 33.5 Å². The first-order chi connectivity index (χ1) is 9.12. The van der Waals surface area contributed by atoms with Crippen molar-refractivity contribution >= 4 is 27.4 Å². The van der Waals surface area contributed by atoms with Gasteiger partial charge in [0, 0.05) is 11.8 Å². The van der Waals surface area contributed by atoms with Gasteiger partial charge < -0.3 is 10.1 Å². The van der Waals surface area contributed by atoms with Gasteiger partial charge in [0.25, 0.3) is 0 Å². The Labute approximate surface area is 117 Å². The number of nitrogens with zero attached hydrogens (tertiary/aromatic N) is 2. The molecule has 0 aliphatic carbocycles. The second-order valence-corrected chi connectivity index (χ2v) is 4.43. The summed E-state index contributed by atoms with van der Waals surface area (Å²) in [6.45, 7) is 0. The molecule has 96 valence electrons. The van der Waals surface area contributed by atoms with Gasteiger partial charge in [0.2, 0.25) is 0 Å². The SMILES string of the molecule is COc1ccc(Nc2cc(C#N)[nH]c(=O)n2)cc1Br. The molecule has 2 N–H and O–H groups in total. The molecule has 1 heterocycles. The molecular weight excluding hydrogens is 312 g/mol. The van der Waals surface area contributed by atoms with Gasteiger partial charge in [-0.05, 0) is 34.1 Å². The van der Waals surface area contributed by atoms with Crippen molar-refractivity contribution in [1.29, 1.82) is 5.26 Å². The van der Waals surface area contributed by atoms with E-state index in [1.807, 2.05) is 6.07 Å². The van der Waals surface area contributed by atoms with Crippen molar-refractivity contribution in [3.8, 4) is 11.8 Å². The lowest BCUT2D eigenvalue weighted by atomic mass is 10.3. The van der Waals surface area contributed by atoms with Gasteiger partial charge in [-0.3, -0.25) is 4.98 Å². The zero-order valence-electron chi connectivity index (χ0n) is 9.90. The van der Waals surface area contributed by atoms with Crippen molar-refractivity contribution in [3.63, 3.8) is 0 Å². The van der Waals surface area contributed by atoms with Crippen LogP contribution in [0.3, 0.4) is 0 Å². The third-order valence-corrected chi connectivity index (χ3v) is 2.91. The van der Waals surface area contributed by atoms with Gasteiger partial charge in [0.1, 0.15) is 23.3 Å². The fraction of sp³-hybridized carbons (Fsp3) is 0.0833. The molecular formula is C12H9BrN4O2. The number of rotatable bonds is 3. The zero-order valence-corrected chi connectivity index (χ0v) is 11.5. The number of methoxy groups -OCH3 is 1. The van der Waals surface area contributed by atoms with Gasteiger partial charge in [-0.15, -0.1) is 0 Å². The van der Waals surface area contributed by atoms with Crippen LogP contribution in [0.5, 0.6) is 5.75 Å². The van der Waals surface area contributed by atoms with Gasteiger partial charge in [-0.2, -0.15) is 10.2 Å². The standard InChI is InChI=1S/C12H9BrN4O2/c1-19-10-3-2-7(4-9(10)13)15-11-5-8(6-14)16-12(18)17-11/h2-5H,1H3,(H2,15,16,17,18). The van der Waals surface area contributed by atoms with E-state index in [1.165, 1.54) is 6.07 Å². The smallest absolute Gasteiger partial charge is 0.347 e. The number of halogens is 1. The van der Waals surface area contributed by atoms with Gasteiger partial charge >= 0.3 is 5.69 Å². The monoisotopic (exact) mass is 320 g/mol. The van der Waals surface area contributed by atoms with E-state index in [2.05, 4.69) is 31.2 Å². The minimum atomic E-state index is -0.575. The quantitative estimate of drug-likeness (QED) is 0.904. The molecule has 2 rings (SSSR count). The minimum Gasteiger partial charge on any atom is -0.496 e. The number of anilines is 2. The zero-order chi connectivity index (χ0) is 13.8. The van der Waals surface area contributed by atoms with Crippen LogP contribution in [0.4, 0.5) is 11.5 Å². The molecule has 1 aromatic carbocycles. The molecule has 6 nitrogen and oxygen atoms in total. The van der Waals surface area contributed by atoms with Crippen LogP contribution < -0.4 is 15.7 Å². The number of benzene rings is 1. The van der Waals surface area contributed by atoms with E-state index in [9.17, 15) is 4.79 Å². The van der Waals surface area contributed by atoms with Gasteiger partial charge in [0.05, 0.1) is 11.6 Å².